The van der Waals surface area contributed by atoms with Gasteiger partial charge in [-0.1, -0.05) is 12.5 Å². The van der Waals surface area contributed by atoms with Gasteiger partial charge in [-0.3, -0.25) is 0 Å². The van der Waals surface area contributed by atoms with Gasteiger partial charge in [-0.05, 0) is 49.9 Å². The first kappa shape index (κ1) is 17.4. The van der Waals surface area contributed by atoms with Crippen molar-refractivity contribution in [2.75, 3.05) is 6.54 Å². The molecule has 1 fully saturated rings. The van der Waals surface area contributed by atoms with E-state index in [-0.39, 0.29) is 29.3 Å². The van der Waals surface area contributed by atoms with Crippen LogP contribution in [0.2, 0.25) is 0 Å². The second kappa shape index (κ2) is 6.85. The molecule has 3 N–H and O–H groups in total. The van der Waals surface area contributed by atoms with Crippen LogP contribution < -0.4 is 10.5 Å². The number of hydrogen-bond acceptors (Lipinski definition) is 3. The highest BCUT2D eigenvalue weighted by Crippen LogP contribution is 2.26. The number of sulfonamides is 1. The highest BCUT2D eigenvalue weighted by molar-refractivity contribution is 7.89. The van der Waals surface area contributed by atoms with Gasteiger partial charge in [-0.25, -0.2) is 17.5 Å². The molecule has 2 unspecified atom stereocenters. The Hall–Kier alpha value is -0.690. The third-order valence-corrected chi connectivity index (χ3v) is 5.15. The molecule has 0 saturated heterocycles. The smallest absolute Gasteiger partial charge is 0.243 e. The van der Waals surface area contributed by atoms with Gasteiger partial charge in [0, 0.05) is 6.04 Å². The zero-order valence-corrected chi connectivity index (χ0v) is 12.9. The molecule has 0 aromatic heterocycles. The van der Waals surface area contributed by atoms with Crippen LogP contribution in [0.15, 0.2) is 23.1 Å². The van der Waals surface area contributed by atoms with E-state index < -0.39 is 15.8 Å². The Kier molecular flexibility index (Phi) is 5.94. The molecule has 0 spiro atoms. The fourth-order valence-electron chi connectivity index (χ4n) is 2.55. The van der Waals surface area contributed by atoms with Crippen LogP contribution in [0.1, 0.15) is 24.8 Å². The van der Waals surface area contributed by atoms with Crippen LogP contribution >= 0.6 is 12.4 Å². The Morgan fingerprint density at radius 1 is 1.40 bits per heavy atom. The topological polar surface area (TPSA) is 72.2 Å². The van der Waals surface area contributed by atoms with Gasteiger partial charge in [-0.2, -0.15) is 0 Å². The Bertz CT molecular complexity index is 565. The first-order valence-corrected chi connectivity index (χ1v) is 7.91. The second-order valence-corrected chi connectivity index (χ2v) is 6.77. The number of hydrogen-bond donors (Lipinski definition) is 2. The van der Waals surface area contributed by atoms with Gasteiger partial charge in [-0.15, -0.1) is 12.4 Å². The third kappa shape index (κ3) is 3.69. The van der Waals surface area contributed by atoms with Gasteiger partial charge in [0.25, 0.3) is 0 Å². The van der Waals surface area contributed by atoms with Crippen LogP contribution in [-0.2, 0) is 10.0 Å². The van der Waals surface area contributed by atoms with Crippen molar-refractivity contribution in [3.8, 4) is 0 Å². The highest BCUT2D eigenvalue weighted by Gasteiger charge is 2.31. The van der Waals surface area contributed by atoms with Gasteiger partial charge in [0.1, 0.15) is 10.7 Å². The van der Waals surface area contributed by atoms with Crippen molar-refractivity contribution in [2.45, 2.75) is 37.1 Å². The van der Waals surface area contributed by atoms with Crippen molar-refractivity contribution >= 4 is 22.4 Å². The highest BCUT2D eigenvalue weighted by atomic mass is 35.5. The number of halogens is 2. The van der Waals surface area contributed by atoms with E-state index in [2.05, 4.69) is 4.72 Å². The molecule has 2 atom stereocenters. The molecule has 1 aliphatic carbocycles. The number of benzene rings is 1. The number of nitrogens with one attached hydrogen (secondary N) is 1. The van der Waals surface area contributed by atoms with E-state index in [0.717, 1.165) is 19.3 Å². The average molecular weight is 323 g/mol. The molecule has 0 heterocycles. The normalized spacial score (nSPS) is 22.6. The summed E-state index contributed by atoms with van der Waals surface area (Å²) in [4.78, 5) is -0.282. The van der Waals surface area contributed by atoms with Crippen molar-refractivity contribution in [3.63, 3.8) is 0 Å². The lowest BCUT2D eigenvalue weighted by atomic mass is 10.1. The van der Waals surface area contributed by atoms with Crippen molar-refractivity contribution in [1.29, 1.82) is 0 Å². The number of nitrogens with two attached hydrogens (primary N) is 1. The minimum Gasteiger partial charge on any atom is -0.330 e. The van der Waals surface area contributed by atoms with Crippen LogP contribution in [0.5, 0.6) is 0 Å². The summed E-state index contributed by atoms with van der Waals surface area (Å²) in [6.45, 7) is 2.18. The summed E-state index contributed by atoms with van der Waals surface area (Å²) in [5.41, 5.74) is 6.34. The Morgan fingerprint density at radius 2 is 2.10 bits per heavy atom. The van der Waals surface area contributed by atoms with Crippen LogP contribution in [0.4, 0.5) is 4.39 Å². The van der Waals surface area contributed by atoms with Crippen LogP contribution in [-0.4, -0.2) is 21.0 Å². The molecule has 1 saturated carbocycles. The molecule has 0 amide bonds. The van der Waals surface area contributed by atoms with Crippen LogP contribution in [0.3, 0.4) is 0 Å². The van der Waals surface area contributed by atoms with Crippen molar-refractivity contribution in [3.05, 3.63) is 29.6 Å². The van der Waals surface area contributed by atoms with E-state index in [1.807, 2.05) is 0 Å². The molecule has 0 radical (unpaired) electrons. The van der Waals surface area contributed by atoms with Crippen LogP contribution in [0.25, 0.3) is 0 Å². The lowest BCUT2D eigenvalue weighted by molar-refractivity contribution is 0.451. The number of rotatable bonds is 4. The summed E-state index contributed by atoms with van der Waals surface area (Å²) in [6, 6.07) is 3.89. The molecule has 114 valence electrons. The van der Waals surface area contributed by atoms with Crippen molar-refractivity contribution in [1.82, 2.24) is 4.72 Å². The standard InChI is InChI=1S/C13H19FN2O2S.ClH/c1-9-5-6-11(14)13(7-9)19(17,18)16-12-4-2-3-10(12)8-15;/h5-7,10,12,16H,2-4,8,15H2,1H3;1H. The molecular formula is C13H20ClFN2O2S. The molecule has 1 aromatic carbocycles. The minimum atomic E-state index is -3.82. The van der Waals surface area contributed by atoms with Crippen molar-refractivity contribution in [2.24, 2.45) is 11.7 Å². The zero-order valence-electron chi connectivity index (χ0n) is 11.3. The average Bonchev–Trinajstić information content (AvgIpc) is 2.78. The Labute approximate surface area is 125 Å². The van der Waals surface area contributed by atoms with E-state index in [1.165, 1.54) is 12.1 Å². The van der Waals surface area contributed by atoms with E-state index in [4.69, 9.17) is 5.73 Å². The fraction of sp³-hybridized carbons (Fsp3) is 0.538. The maximum Gasteiger partial charge on any atom is 0.243 e. The molecule has 20 heavy (non-hydrogen) atoms. The summed E-state index contributed by atoms with van der Waals surface area (Å²) in [6.07, 6.45) is 2.62. The SMILES string of the molecule is Cc1ccc(F)c(S(=O)(=O)NC2CCCC2CN)c1.Cl. The lowest BCUT2D eigenvalue weighted by Crippen LogP contribution is -2.40. The lowest BCUT2D eigenvalue weighted by Gasteiger charge is -2.19. The fourth-order valence-corrected chi connectivity index (χ4v) is 4.06. The largest absolute Gasteiger partial charge is 0.330 e. The quantitative estimate of drug-likeness (QED) is 0.890. The third-order valence-electron chi connectivity index (χ3n) is 3.64. The molecule has 0 aliphatic heterocycles. The van der Waals surface area contributed by atoms with Gasteiger partial charge < -0.3 is 5.73 Å². The van der Waals surface area contributed by atoms with E-state index in [1.54, 1.807) is 13.0 Å². The second-order valence-electron chi connectivity index (χ2n) is 5.09. The molecule has 2 rings (SSSR count). The van der Waals surface area contributed by atoms with Gasteiger partial charge in [0.15, 0.2) is 0 Å². The van der Waals surface area contributed by atoms with Gasteiger partial charge >= 0.3 is 0 Å². The van der Waals surface area contributed by atoms with E-state index in [9.17, 15) is 12.8 Å². The predicted molar refractivity (Wildman–Crippen MR) is 78.9 cm³/mol. The summed E-state index contributed by atoms with van der Waals surface area (Å²) >= 11 is 0. The summed E-state index contributed by atoms with van der Waals surface area (Å²) < 4.78 is 40.7. The molecule has 4 nitrogen and oxygen atoms in total. The predicted octanol–water partition coefficient (Wildman–Crippen LogP) is 1.96. The molecule has 1 aromatic rings. The summed E-state index contributed by atoms with van der Waals surface area (Å²) in [5.74, 6) is -0.581. The summed E-state index contributed by atoms with van der Waals surface area (Å²) in [5, 5.41) is 0. The first-order chi connectivity index (χ1) is 8.94. The first-order valence-electron chi connectivity index (χ1n) is 6.42. The maximum absolute atomic E-state index is 13.7. The van der Waals surface area contributed by atoms with Gasteiger partial charge in [0.05, 0.1) is 0 Å². The minimum absolute atomic E-state index is 0. The van der Waals surface area contributed by atoms with Gasteiger partial charge in [0.2, 0.25) is 10.0 Å². The molecule has 0 bridgehead atoms. The van der Waals surface area contributed by atoms with E-state index >= 15 is 0 Å². The zero-order chi connectivity index (χ0) is 14.0. The van der Waals surface area contributed by atoms with E-state index in [0.29, 0.717) is 12.1 Å². The molecule has 1 aliphatic rings. The monoisotopic (exact) mass is 322 g/mol. The van der Waals surface area contributed by atoms with Crippen LogP contribution in [0, 0.1) is 18.7 Å². The Morgan fingerprint density at radius 3 is 2.75 bits per heavy atom. The molecular weight excluding hydrogens is 303 g/mol. The Balaban J connectivity index is 0.00000200. The van der Waals surface area contributed by atoms with Crippen molar-refractivity contribution < 1.29 is 12.8 Å². The molecule has 7 heteroatoms. The number of aryl methyl sites for hydroxylation is 1. The summed E-state index contributed by atoms with van der Waals surface area (Å²) in [7, 11) is -3.82. The maximum atomic E-state index is 13.7.